The molecule has 0 aliphatic heterocycles. The fourth-order valence-electron chi connectivity index (χ4n) is 2.49. The Hall–Kier alpha value is -1.23. The van der Waals surface area contributed by atoms with Gasteiger partial charge in [-0.05, 0) is 59.2 Å². The number of hydrogen-bond acceptors (Lipinski definition) is 3. The summed E-state index contributed by atoms with van der Waals surface area (Å²) in [7, 11) is 0. The Balaban J connectivity index is 2.04. The van der Waals surface area contributed by atoms with Crippen LogP contribution in [-0.2, 0) is 0 Å². The van der Waals surface area contributed by atoms with Crippen LogP contribution in [0.3, 0.4) is 0 Å². The summed E-state index contributed by atoms with van der Waals surface area (Å²) in [6.07, 6.45) is 0. The normalized spacial score (nSPS) is 12.7. The molecule has 4 heteroatoms. The van der Waals surface area contributed by atoms with E-state index >= 15 is 0 Å². The van der Waals surface area contributed by atoms with Crippen LogP contribution in [-0.4, -0.2) is 11.5 Å². The van der Waals surface area contributed by atoms with E-state index in [1.54, 1.807) is 11.3 Å². The highest BCUT2D eigenvalue weighted by Crippen LogP contribution is 2.31. The molecule has 3 aromatic rings. The standard InChI is InChI=1S/C17H17BrN2S/c1-3-19-17(16-9-14(18)10-21-16)13-6-7-15-12(8-13)5-4-11(2)20-15/h4-10,17,19H,3H2,1-2H3. The van der Waals surface area contributed by atoms with Crippen LogP contribution in [0.5, 0.6) is 0 Å². The van der Waals surface area contributed by atoms with Gasteiger partial charge in [-0.2, -0.15) is 0 Å². The van der Waals surface area contributed by atoms with Crippen molar-refractivity contribution in [3.8, 4) is 0 Å². The van der Waals surface area contributed by atoms with Crippen molar-refractivity contribution >= 4 is 38.2 Å². The second kappa shape index (κ2) is 6.26. The summed E-state index contributed by atoms with van der Waals surface area (Å²) in [6, 6.07) is 13.2. The SMILES string of the molecule is CCNC(c1ccc2nc(C)ccc2c1)c1cc(Br)cs1. The Morgan fingerprint density at radius 1 is 1.24 bits per heavy atom. The zero-order valence-corrected chi connectivity index (χ0v) is 14.5. The number of hydrogen-bond donors (Lipinski definition) is 1. The van der Waals surface area contributed by atoms with Gasteiger partial charge in [0, 0.05) is 25.8 Å². The van der Waals surface area contributed by atoms with Crippen molar-refractivity contribution in [3.63, 3.8) is 0 Å². The molecule has 2 nitrogen and oxygen atoms in total. The van der Waals surface area contributed by atoms with Crippen molar-refractivity contribution in [3.05, 3.63) is 62.4 Å². The van der Waals surface area contributed by atoms with Gasteiger partial charge >= 0.3 is 0 Å². The van der Waals surface area contributed by atoms with Gasteiger partial charge in [0.05, 0.1) is 11.6 Å². The van der Waals surface area contributed by atoms with Gasteiger partial charge in [-0.15, -0.1) is 11.3 Å². The van der Waals surface area contributed by atoms with Crippen LogP contribution in [0.25, 0.3) is 10.9 Å². The summed E-state index contributed by atoms with van der Waals surface area (Å²) in [6.45, 7) is 5.10. The van der Waals surface area contributed by atoms with Crippen LogP contribution in [0.1, 0.15) is 29.1 Å². The van der Waals surface area contributed by atoms with Gasteiger partial charge in [0.1, 0.15) is 0 Å². The molecule has 1 N–H and O–H groups in total. The molecule has 0 bridgehead atoms. The maximum absolute atomic E-state index is 4.57. The van der Waals surface area contributed by atoms with E-state index in [0.29, 0.717) is 0 Å². The molecule has 21 heavy (non-hydrogen) atoms. The summed E-state index contributed by atoms with van der Waals surface area (Å²) >= 11 is 5.32. The van der Waals surface area contributed by atoms with E-state index in [2.05, 4.69) is 74.9 Å². The summed E-state index contributed by atoms with van der Waals surface area (Å²) < 4.78 is 1.14. The van der Waals surface area contributed by atoms with E-state index in [0.717, 1.165) is 22.2 Å². The van der Waals surface area contributed by atoms with Crippen LogP contribution in [0, 0.1) is 6.92 Å². The summed E-state index contributed by atoms with van der Waals surface area (Å²) in [5, 5.41) is 6.90. The number of benzene rings is 1. The molecule has 3 rings (SSSR count). The molecule has 0 fully saturated rings. The molecule has 0 spiro atoms. The average molecular weight is 361 g/mol. The molecule has 108 valence electrons. The summed E-state index contributed by atoms with van der Waals surface area (Å²) in [4.78, 5) is 5.90. The number of pyridine rings is 1. The van der Waals surface area contributed by atoms with Crippen molar-refractivity contribution in [1.29, 1.82) is 0 Å². The smallest absolute Gasteiger partial charge is 0.0705 e. The Bertz CT molecular complexity index is 766. The van der Waals surface area contributed by atoms with Gasteiger partial charge in [-0.25, -0.2) is 0 Å². The summed E-state index contributed by atoms with van der Waals surface area (Å²) in [5.74, 6) is 0. The van der Waals surface area contributed by atoms with Crippen molar-refractivity contribution in [2.24, 2.45) is 0 Å². The lowest BCUT2D eigenvalue weighted by atomic mass is 10.0. The van der Waals surface area contributed by atoms with E-state index in [9.17, 15) is 0 Å². The van der Waals surface area contributed by atoms with E-state index in [1.165, 1.54) is 15.8 Å². The van der Waals surface area contributed by atoms with Gasteiger partial charge in [0.15, 0.2) is 0 Å². The third-order valence-electron chi connectivity index (χ3n) is 3.47. The van der Waals surface area contributed by atoms with Crippen LogP contribution in [0.4, 0.5) is 0 Å². The van der Waals surface area contributed by atoms with E-state index in [-0.39, 0.29) is 6.04 Å². The second-order valence-corrected chi connectivity index (χ2v) is 6.92. The third-order valence-corrected chi connectivity index (χ3v) is 5.22. The molecule has 0 saturated heterocycles. The monoisotopic (exact) mass is 360 g/mol. The van der Waals surface area contributed by atoms with Gasteiger partial charge in [0.2, 0.25) is 0 Å². The lowest BCUT2D eigenvalue weighted by Gasteiger charge is -2.17. The fourth-order valence-corrected chi connectivity index (χ4v) is 4.04. The first kappa shape index (κ1) is 14.7. The number of nitrogens with zero attached hydrogens (tertiary/aromatic N) is 1. The number of thiophene rings is 1. The maximum Gasteiger partial charge on any atom is 0.0705 e. The van der Waals surface area contributed by atoms with Crippen molar-refractivity contribution in [2.75, 3.05) is 6.54 Å². The maximum atomic E-state index is 4.57. The molecule has 0 radical (unpaired) electrons. The Labute approximate surface area is 137 Å². The Morgan fingerprint density at radius 3 is 2.81 bits per heavy atom. The molecular weight excluding hydrogens is 344 g/mol. The lowest BCUT2D eigenvalue weighted by Crippen LogP contribution is -2.21. The van der Waals surface area contributed by atoms with Gasteiger partial charge < -0.3 is 5.32 Å². The van der Waals surface area contributed by atoms with Crippen molar-refractivity contribution in [2.45, 2.75) is 19.9 Å². The minimum Gasteiger partial charge on any atom is -0.306 e. The molecule has 1 unspecified atom stereocenters. The highest BCUT2D eigenvalue weighted by atomic mass is 79.9. The molecule has 0 aliphatic carbocycles. The van der Waals surface area contributed by atoms with Gasteiger partial charge in [-0.1, -0.05) is 19.1 Å². The van der Waals surface area contributed by atoms with Crippen LogP contribution < -0.4 is 5.32 Å². The predicted molar refractivity (Wildman–Crippen MR) is 94.0 cm³/mol. The van der Waals surface area contributed by atoms with Crippen LogP contribution in [0.2, 0.25) is 0 Å². The zero-order chi connectivity index (χ0) is 14.8. The van der Waals surface area contributed by atoms with Gasteiger partial charge in [-0.3, -0.25) is 4.98 Å². The molecule has 0 saturated carbocycles. The first-order valence-electron chi connectivity index (χ1n) is 7.02. The Morgan fingerprint density at radius 2 is 2.10 bits per heavy atom. The van der Waals surface area contributed by atoms with E-state index in [4.69, 9.17) is 0 Å². The fraction of sp³-hybridized carbons (Fsp3) is 0.235. The van der Waals surface area contributed by atoms with Crippen LogP contribution >= 0.6 is 27.3 Å². The van der Waals surface area contributed by atoms with Crippen molar-refractivity contribution in [1.82, 2.24) is 10.3 Å². The highest BCUT2D eigenvalue weighted by Gasteiger charge is 2.15. The molecule has 1 aromatic carbocycles. The largest absolute Gasteiger partial charge is 0.306 e. The minimum atomic E-state index is 0.233. The molecule has 2 heterocycles. The Kier molecular flexibility index (Phi) is 4.38. The summed E-state index contributed by atoms with van der Waals surface area (Å²) in [5.41, 5.74) is 3.39. The number of rotatable bonds is 4. The van der Waals surface area contributed by atoms with E-state index < -0.39 is 0 Å². The average Bonchev–Trinajstić information content (AvgIpc) is 2.90. The molecule has 1 atom stereocenters. The first-order chi connectivity index (χ1) is 10.2. The molecule has 0 aliphatic rings. The highest BCUT2D eigenvalue weighted by molar-refractivity contribution is 9.10. The number of halogens is 1. The number of nitrogens with one attached hydrogen (secondary N) is 1. The number of fused-ring (bicyclic) bond motifs is 1. The molecule has 2 aromatic heterocycles. The van der Waals surface area contributed by atoms with Gasteiger partial charge in [0.25, 0.3) is 0 Å². The topological polar surface area (TPSA) is 24.9 Å². The molecule has 0 amide bonds. The second-order valence-electron chi connectivity index (χ2n) is 5.06. The van der Waals surface area contributed by atoms with E-state index in [1.807, 2.05) is 6.92 Å². The lowest BCUT2D eigenvalue weighted by molar-refractivity contribution is 0.640. The molecular formula is C17H17BrN2S. The quantitative estimate of drug-likeness (QED) is 0.702. The predicted octanol–water partition coefficient (Wildman–Crippen LogP) is 5.07. The van der Waals surface area contributed by atoms with Crippen molar-refractivity contribution < 1.29 is 0 Å². The van der Waals surface area contributed by atoms with Crippen LogP contribution in [0.15, 0.2) is 46.3 Å². The first-order valence-corrected chi connectivity index (χ1v) is 8.69. The minimum absolute atomic E-state index is 0.233. The zero-order valence-electron chi connectivity index (χ0n) is 12.1. The number of aromatic nitrogens is 1. The number of aryl methyl sites for hydroxylation is 1. The third kappa shape index (κ3) is 3.18.